The quantitative estimate of drug-likeness (QED) is 0.771. The fraction of sp³-hybridized carbons (Fsp3) is 0.368. The lowest BCUT2D eigenvalue weighted by Gasteiger charge is -2.11. The molecule has 23 heavy (non-hydrogen) atoms. The molecule has 0 saturated heterocycles. The van der Waals surface area contributed by atoms with E-state index >= 15 is 0 Å². The largest absolute Gasteiger partial charge is 0.469 e. The highest BCUT2D eigenvalue weighted by atomic mass is 19.1. The first-order valence-electron chi connectivity index (χ1n) is 7.80. The van der Waals surface area contributed by atoms with Crippen molar-refractivity contribution in [3.05, 3.63) is 53.0 Å². The third kappa shape index (κ3) is 5.16. The zero-order valence-corrected chi connectivity index (χ0v) is 14.4. The third-order valence-corrected chi connectivity index (χ3v) is 3.42. The van der Waals surface area contributed by atoms with Gasteiger partial charge in [-0.15, -0.1) is 0 Å². The second-order valence-corrected chi connectivity index (χ2v) is 5.04. The number of aryl methyl sites for hydroxylation is 3. The number of rotatable bonds is 4. The molecule has 4 heteroatoms. The van der Waals surface area contributed by atoms with Crippen molar-refractivity contribution in [3.8, 4) is 11.3 Å². The normalized spacial score (nSPS) is 9.83. The van der Waals surface area contributed by atoms with E-state index in [2.05, 4.69) is 9.72 Å². The minimum Gasteiger partial charge on any atom is -0.469 e. The first kappa shape index (κ1) is 18.8. The molecule has 2 rings (SSSR count). The molecule has 0 saturated carbocycles. The molecule has 0 aliphatic carbocycles. The van der Waals surface area contributed by atoms with Gasteiger partial charge in [-0.25, -0.2) is 4.39 Å². The van der Waals surface area contributed by atoms with E-state index in [4.69, 9.17) is 0 Å². The van der Waals surface area contributed by atoms with Gasteiger partial charge in [0.25, 0.3) is 0 Å². The van der Waals surface area contributed by atoms with Crippen LogP contribution < -0.4 is 0 Å². The van der Waals surface area contributed by atoms with E-state index in [0.717, 1.165) is 27.9 Å². The van der Waals surface area contributed by atoms with Gasteiger partial charge in [-0.2, -0.15) is 0 Å². The van der Waals surface area contributed by atoms with E-state index in [1.165, 1.54) is 19.2 Å². The number of nitrogens with zero attached hydrogens (tertiary/aromatic N) is 1. The lowest BCUT2D eigenvalue weighted by atomic mass is 9.97. The smallest absolute Gasteiger partial charge is 0.305 e. The van der Waals surface area contributed by atoms with Crippen molar-refractivity contribution >= 4 is 5.97 Å². The first-order valence-corrected chi connectivity index (χ1v) is 7.80. The van der Waals surface area contributed by atoms with Gasteiger partial charge >= 0.3 is 5.97 Å². The molecule has 0 unspecified atom stereocenters. The van der Waals surface area contributed by atoms with Gasteiger partial charge in [0.1, 0.15) is 5.82 Å². The number of methoxy groups -OCH3 is 1. The van der Waals surface area contributed by atoms with E-state index in [0.29, 0.717) is 12.8 Å². The first-order chi connectivity index (χ1) is 11.0. The molecule has 0 bridgehead atoms. The molecule has 0 aliphatic heterocycles. The molecule has 0 N–H and O–H groups in total. The standard InChI is InChI=1S/C17H18FNO2.C2H6/c1-11-8-14(18)9-12(2)17(11)15-10-13(6-7-19-15)4-5-16(20)21-3;1-2/h6-10H,4-5H2,1-3H3;1-2H3. The van der Waals surface area contributed by atoms with Crippen LogP contribution in [0.15, 0.2) is 30.5 Å². The summed E-state index contributed by atoms with van der Waals surface area (Å²) in [6, 6.07) is 6.83. The van der Waals surface area contributed by atoms with E-state index < -0.39 is 0 Å². The summed E-state index contributed by atoms with van der Waals surface area (Å²) >= 11 is 0. The van der Waals surface area contributed by atoms with Crippen molar-refractivity contribution in [2.24, 2.45) is 0 Å². The number of hydrogen-bond acceptors (Lipinski definition) is 3. The average Bonchev–Trinajstić information content (AvgIpc) is 2.54. The van der Waals surface area contributed by atoms with Crippen LogP contribution in [-0.4, -0.2) is 18.1 Å². The van der Waals surface area contributed by atoms with Gasteiger partial charge in [-0.1, -0.05) is 13.8 Å². The molecule has 2 aromatic rings. The van der Waals surface area contributed by atoms with Crippen molar-refractivity contribution in [1.82, 2.24) is 4.98 Å². The molecule has 0 spiro atoms. The Hall–Kier alpha value is -2.23. The molecule has 0 atom stereocenters. The molecule has 0 fully saturated rings. The van der Waals surface area contributed by atoms with Crippen LogP contribution in [0.2, 0.25) is 0 Å². The number of hydrogen-bond donors (Lipinski definition) is 0. The maximum Gasteiger partial charge on any atom is 0.305 e. The van der Waals surface area contributed by atoms with Gasteiger partial charge < -0.3 is 4.74 Å². The highest BCUT2D eigenvalue weighted by Gasteiger charge is 2.10. The number of aromatic nitrogens is 1. The minimum absolute atomic E-state index is 0.234. The summed E-state index contributed by atoms with van der Waals surface area (Å²) in [5, 5.41) is 0. The van der Waals surface area contributed by atoms with Crippen molar-refractivity contribution in [2.45, 2.75) is 40.5 Å². The van der Waals surface area contributed by atoms with Crippen LogP contribution in [0.4, 0.5) is 4.39 Å². The Bertz CT molecular complexity index is 645. The maximum absolute atomic E-state index is 13.4. The number of esters is 1. The summed E-state index contributed by atoms with van der Waals surface area (Å²) in [5.41, 5.74) is 4.45. The second-order valence-electron chi connectivity index (χ2n) is 5.04. The van der Waals surface area contributed by atoms with E-state index in [9.17, 15) is 9.18 Å². The zero-order valence-electron chi connectivity index (χ0n) is 14.4. The van der Waals surface area contributed by atoms with Gasteiger partial charge in [0.15, 0.2) is 0 Å². The van der Waals surface area contributed by atoms with Crippen LogP contribution in [0.1, 0.15) is 37.0 Å². The topological polar surface area (TPSA) is 39.2 Å². The molecule has 3 nitrogen and oxygen atoms in total. The van der Waals surface area contributed by atoms with Crippen molar-refractivity contribution in [1.29, 1.82) is 0 Å². The molecule has 0 aliphatic rings. The second kappa shape index (κ2) is 9.03. The Labute approximate surface area is 137 Å². The highest BCUT2D eigenvalue weighted by molar-refractivity contribution is 5.70. The van der Waals surface area contributed by atoms with Gasteiger partial charge in [0, 0.05) is 18.2 Å². The number of ether oxygens (including phenoxy) is 1. The maximum atomic E-state index is 13.4. The van der Waals surface area contributed by atoms with Crippen molar-refractivity contribution in [3.63, 3.8) is 0 Å². The van der Waals surface area contributed by atoms with E-state index in [1.807, 2.05) is 39.8 Å². The molecule has 1 aromatic heterocycles. The van der Waals surface area contributed by atoms with Gasteiger partial charge in [-0.05, 0) is 61.2 Å². The van der Waals surface area contributed by atoms with Crippen LogP contribution in [0.3, 0.4) is 0 Å². The molecule has 0 amide bonds. The number of benzene rings is 1. The third-order valence-electron chi connectivity index (χ3n) is 3.42. The summed E-state index contributed by atoms with van der Waals surface area (Å²) in [7, 11) is 1.38. The molecule has 0 radical (unpaired) electrons. The fourth-order valence-electron chi connectivity index (χ4n) is 2.43. The SMILES string of the molecule is CC.COC(=O)CCc1ccnc(-c2c(C)cc(F)cc2C)c1. The molecule has 1 aromatic carbocycles. The van der Waals surface area contributed by atoms with E-state index in [1.54, 1.807) is 6.20 Å². The van der Waals surface area contributed by atoms with Crippen LogP contribution >= 0.6 is 0 Å². The highest BCUT2D eigenvalue weighted by Crippen LogP contribution is 2.27. The summed E-state index contributed by atoms with van der Waals surface area (Å²) < 4.78 is 18.0. The van der Waals surface area contributed by atoms with Crippen LogP contribution in [-0.2, 0) is 16.0 Å². The summed E-state index contributed by atoms with van der Waals surface area (Å²) in [6.45, 7) is 7.74. The average molecular weight is 317 g/mol. The lowest BCUT2D eigenvalue weighted by molar-refractivity contribution is -0.140. The lowest BCUT2D eigenvalue weighted by Crippen LogP contribution is -2.02. The number of carbonyl (C=O) groups excluding carboxylic acids is 1. The Kier molecular flexibility index (Phi) is 7.39. The molecular formula is C19H24FNO2. The Morgan fingerprint density at radius 1 is 1.17 bits per heavy atom. The Morgan fingerprint density at radius 3 is 2.35 bits per heavy atom. The number of halogens is 1. The summed E-state index contributed by atoms with van der Waals surface area (Å²) in [4.78, 5) is 15.6. The molecule has 1 heterocycles. The van der Waals surface area contributed by atoms with Crippen LogP contribution in [0.5, 0.6) is 0 Å². The van der Waals surface area contributed by atoms with Crippen molar-refractivity contribution in [2.75, 3.05) is 7.11 Å². The zero-order chi connectivity index (χ0) is 17.4. The number of carbonyl (C=O) groups is 1. The molecular weight excluding hydrogens is 293 g/mol. The predicted octanol–water partition coefficient (Wildman–Crippen LogP) is 4.64. The van der Waals surface area contributed by atoms with E-state index in [-0.39, 0.29) is 11.8 Å². The molecule has 124 valence electrons. The minimum atomic E-state index is -0.240. The summed E-state index contributed by atoms with van der Waals surface area (Å²) in [5.74, 6) is -0.474. The number of pyridine rings is 1. The van der Waals surface area contributed by atoms with Gasteiger partial charge in [-0.3, -0.25) is 9.78 Å². The van der Waals surface area contributed by atoms with Crippen LogP contribution in [0.25, 0.3) is 11.3 Å². The predicted molar refractivity (Wildman–Crippen MR) is 90.8 cm³/mol. The Morgan fingerprint density at radius 2 is 1.78 bits per heavy atom. The summed E-state index contributed by atoms with van der Waals surface area (Å²) in [6.07, 6.45) is 2.65. The Balaban J connectivity index is 0.00000127. The van der Waals surface area contributed by atoms with Crippen LogP contribution in [0, 0.1) is 19.7 Å². The van der Waals surface area contributed by atoms with Gasteiger partial charge in [0.2, 0.25) is 0 Å². The fourth-order valence-corrected chi connectivity index (χ4v) is 2.43. The monoisotopic (exact) mass is 317 g/mol. The van der Waals surface area contributed by atoms with Gasteiger partial charge in [0.05, 0.1) is 12.8 Å². The van der Waals surface area contributed by atoms with Crippen molar-refractivity contribution < 1.29 is 13.9 Å².